The quantitative estimate of drug-likeness (QED) is 0.145. The second kappa shape index (κ2) is 5.66. The number of hydrogen-bond donors (Lipinski definition) is 5. The van der Waals surface area contributed by atoms with E-state index in [0.717, 1.165) is 0 Å². The predicted molar refractivity (Wildman–Crippen MR) is 35.3 cm³/mol. The van der Waals surface area contributed by atoms with Gasteiger partial charge in [-0.1, -0.05) is 0 Å². The number of nitrogens with one attached hydrogen (secondary N) is 1. The van der Waals surface area contributed by atoms with E-state index in [1.165, 1.54) is 0 Å². The van der Waals surface area contributed by atoms with E-state index in [-0.39, 0.29) is 12.4 Å². The molecule has 0 aliphatic rings. The SMILES string of the molecule is N=C(N)N.O=COP(=O)(O)O. The highest BCUT2D eigenvalue weighted by Crippen LogP contribution is 2.33. The van der Waals surface area contributed by atoms with Gasteiger partial charge in [-0.15, -0.1) is 0 Å². The van der Waals surface area contributed by atoms with Crippen LogP contribution < -0.4 is 11.5 Å². The van der Waals surface area contributed by atoms with Gasteiger partial charge in [-0.05, 0) is 0 Å². The highest BCUT2D eigenvalue weighted by atomic mass is 31.2. The highest BCUT2D eigenvalue weighted by Gasteiger charge is 2.11. The van der Waals surface area contributed by atoms with Crippen LogP contribution in [0.25, 0.3) is 0 Å². The summed E-state index contributed by atoms with van der Waals surface area (Å²) in [5.74, 6) is -0.333. The molecule has 0 aromatic heterocycles. The lowest BCUT2D eigenvalue weighted by atomic mass is 11.1. The lowest BCUT2D eigenvalue weighted by Gasteiger charge is -1.93. The van der Waals surface area contributed by atoms with Crippen molar-refractivity contribution in [2.24, 2.45) is 11.5 Å². The van der Waals surface area contributed by atoms with Gasteiger partial charge in [-0.25, -0.2) is 4.57 Å². The third-order valence-electron chi connectivity index (χ3n) is 0.180. The number of rotatable bonds is 2. The Bertz CT molecular complexity index is 171. The molecule has 0 amide bonds. The van der Waals surface area contributed by atoms with Crippen molar-refractivity contribution >= 4 is 20.3 Å². The molecular formula is C2H8N3O5P. The number of carbonyl (C=O) groups excluding carboxylic acids is 1. The van der Waals surface area contributed by atoms with Crippen molar-refractivity contribution in [2.75, 3.05) is 0 Å². The Hall–Kier alpha value is -1.11. The van der Waals surface area contributed by atoms with E-state index in [1.807, 2.05) is 0 Å². The molecule has 0 atom stereocenters. The zero-order chi connectivity index (χ0) is 9.49. The number of nitrogens with two attached hydrogens (primary N) is 2. The van der Waals surface area contributed by atoms with E-state index in [4.69, 9.17) is 20.0 Å². The van der Waals surface area contributed by atoms with Crippen LogP contribution in [0.2, 0.25) is 0 Å². The Morgan fingerprint density at radius 2 is 1.82 bits per heavy atom. The van der Waals surface area contributed by atoms with Crippen LogP contribution in [-0.4, -0.2) is 22.2 Å². The van der Waals surface area contributed by atoms with E-state index in [2.05, 4.69) is 16.0 Å². The van der Waals surface area contributed by atoms with Crippen LogP contribution in [-0.2, 0) is 13.9 Å². The van der Waals surface area contributed by atoms with Crippen LogP contribution in [0.3, 0.4) is 0 Å². The van der Waals surface area contributed by atoms with Crippen molar-refractivity contribution in [2.45, 2.75) is 0 Å². The van der Waals surface area contributed by atoms with Crippen molar-refractivity contribution in [1.82, 2.24) is 0 Å². The Morgan fingerprint density at radius 3 is 1.82 bits per heavy atom. The van der Waals surface area contributed by atoms with Crippen molar-refractivity contribution in [1.29, 1.82) is 5.41 Å². The number of phosphoric ester groups is 1. The maximum absolute atomic E-state index is 9.47. The molecule has 0 spiro atoms. The van der Waals surface area contributed by atoms with Gasteiger partial charge >= 0.3 is 14.3 Å². The first-order valence-corrected chi connectivity index (χ1v) is 3.59. The van der Waals surface area contributed by atoms with Crippen molar-refractivity contribution in [3.05, 3.63) is 0 Å². The van der Waals surface area contributed by atoms with Crippen molar-refractivity contribution < 1.29 is 23.7 Å². The lowest BCUT2D eigenvalue weighted by Crippen LogP contribution is -2.20. The summed E-state index contributed by atoms with van der Waals surface area (Å²) >= 11 is 0. The maximum atomic E-state index is 9.47. The zero-order valence-corrected chi connectivity index (χ0v) is 6.19. The molecular weight excluding hydrogens is 177 g/mol. The van der Waals surface area contributed by atoms with E-state index >= 15 is 0 Å². The first-order valence-electron chi connectivity index (χ1n) is 2.06. The second-order valence-electron chi connectivity index (χ2n) is 1.15. The molecule has 0 radical (unpaired) electrons. The molecule has 0 heterocycles. The first-order chi connectivity index (χ1) is 4.79. The Balaban J connectivity index is 0. The summed E-state index contributed by atoms with van der Waals surface area (Å²) in [5, 5.41) is 6.06. The average molecular weight is 185 g/mol. The normalized spacial score (nSPS) is 8.91. The van der Waals surface area contributed by atoms with Crippen LogP contribution in [0.5, 0.6) is 0 Å². The van der Waals surface area contributed by atoms with Crippen LogP contribution in [0.4, 0.5) is 0 Å². The van der Waals surface area contributed by atoms with Crippen molar-refractivity contribution in [3.63, 3.8) is 0 Å². The summed E-state index contributed by atoms with van der Waals surface area (Å²) in [7, 11) is -4.53. The Labute approximate surface area is 61.9 Å². The Kier molecular flexibility index (Phi) is 6.46. The van der Waals surface area contributed by atoms with E-state index < -0.39 is 7.82 Å². The van der Waals surface area contributed by atoms with E-state index in [9.17, 15) is 4.57 Å². The fourth-order valence-corrected chi connectivity index (χ4v) is 0.168. The summed E-state index contributed by atoms with van der Waals surface area (Å²) in [5.41, 5.74) is 8.94. The summed E-state index contributed by atoms with van der Waals surface area (Å²) in [6.45, 7) is -0.305. The number of guanidine groups is 1. The van der Waals surface area contributed by atoms with Gasteiger partial charge in [0, 0.05) is 0 Å². The highest BCUT2D eigenvalue weighted by molar-refractivity contribution is 7.46. The molecule has 0 aliphatic heterocycles. The summed E-state index contributed by atoms with van der Waals surface area (Å²) in [6, 6.07) is 0. The molecule has 8 nitrogen and oxygen atoms in total. The average Bonchev–Trinajstić information content (AvgIpc) is 1.58. The van der Waals surface area contributed by atoms with Gasteiger partial charge in [0.2, 0.25) is 0 Å². The first kappa shape index (κ1) is 12.6. The third-order valence-corrected chi connectivity index (χ3v) is 0.541. The molecule has 9 heteroatoms. The monoisotopic (exact) mass is 185 g/mol. The molecule has 0 rings (SSSR count). The fourth-order valence-electron chi connectivity index (χ4n) is 0.0561. The van der Waals surface area contributed by atoms with Gasteiger partial charge in [0.05, 0.1) is 0 Å². The second-order valence-corrected chi connectivity index (χ2v) is 2.34. The molecule has 0 fully saturated rings. The standard InChI is InChI=1S/CH5N3.CH3O5P/c2-1(3)4;2-1-6-7(3,4)5/h(H5,2,3,4);1H,(H2,3,4,5). The molecule has 0 aromatic carbocycles. The van der Waals surface area contributed by atoms with Crippen LogP contribution in [0, 0.1) is 5.41 Å². The molecule has 0 bridgehead atoms. The summed E-state index contributed by atoms with van der Waals surface area (Å²) in [4.78, 5) is 24.5. The lowest BCUT2D eigenvalue weighted by molar-refractivity contribution is -0.121. The maximum Gasteiger partial charge on any atom is 0.526 e. The number of carbonyl (C=O) groups is 1. The van der Waals surface area contributed by atoms with Gasteiger partial charge in [0.15, 0.2) is 5.96 Å². The minimum absolute atomic E-state index is 0.305. The Morgan fingerprint density at radius 1 is 1.55 bits per heavy atom. The van der Waals surface area contributed by atoms with Gasteiger partial charge in [0.25, 0.3) is 0 Å². The molecule has 66 valence electrons. The van der Waals surface area contributed by atoms with Gasteiger partial charge in [-0.3, -0.25) is 20.0 Å². The van der Waals surface area contributed by atoms with Gasteiger partial charge in [0.1, 0.15) is 0 Å². The molecule has 0 unspecified atom stereocenters. The molecule has 0 saturated heterocycles. The minimum atomic E-state index is -4.53. The van der Waals surface area contributed by atoms with Crippen molar-refractivity contribution in [3.8, 4) is 0 Å². The van der Waals surface area contributed by atoms with Gasteiger partial charge < -0.3 is 16.0 Å². The molecule has 0 aromatic rings. The third kappa shape index (κ3) is 50.5. The summed E-state index contributed by atoms with van der Waals surface area (Å²) < 4.78 is 12.7. The molecule has 0 aliphatic carbocycles. The van der Waals surface area contributed by atoms with E-state index in [0.29, 0.717) is 0 Å². The van der Waals surface area contributed by atoms with Crippen LogP contribution in [0.1, 0.15) is 0 Å². The number of phosphoric acid groups is 1. The predicted octanol–water partition coefficient (Wildman–Crippen LogP) is -1.91. The fraction of sp³-hybridized carbons (Fsp3) is 0. The van der Waals surface area contributed by atoms with Crippen LogP contribution in [0.15, 0.2) is 0 Å². The molecule has 11 heavy (non-hydrogen) atoms. The smallest absolute Gasteiger partial charge is 0.373 e. The molecule has 7 N–H and O–H groups in total. The molecule has 0 saturated carbocycles. The van der Waals surface area contributed by atoms with E-state index in [1.54, 1.807) is 0 Å². The summed E-state index contributed by atoms with van der Waals surface area (Å²) in [6.07, 6.45) is 0. The minimum Gasteiger partial charge on any atom is -0.373 e. The largest absolute Gasteiger partial charge is 0.526 e. The van der Waals surface area contributed by atoms with Gasteiger partial charge in [-0.2, -0.15) is 0 Å². The topological polar surface area (TPSA) is 160 Å². The zero-order valence-electron chi connectivity index (χ0n) is 5.30. The number of hydrogen-bond acceptors (Lipinski definition) is 4. The van der Waals surface area contributed by atoms with Crippen LogP contribution >= 0.6 is 7.82 Å².